The van der Waals surface area contributed by atoms with Crippen molar-refractivity contribution in [1.82, 2.24) is 0 Å². The first-order chi connectivity index (χ1) is 8.74. The molecule has 1 aromatic carbocycles. The second-order valence-corrected chi connectivity index (χ2v) is 5.88. The first-order valence-corrected chi connectivity index (χ1v) is 7.21. The molecule has 1 N–H and O–H groups in total. The van der Waals surface area contributed by atoms with E-state index < -0.39 is 6.10 Å². The van der Waals surface area contributed by atoms with Gasteiger partial charge in [0.2, 0.25) is 6.79 Å². The van der Waals surface area contributed by atoms with Crippen molar-refractivity contribution in [1.29, 1.82) is 0 Å². The number of hydrogen-bond acceptors (Lipinski definition) is 4. The van der Waals surface area contributed by atoms with Crippen LogP contribution < -0.4 is 9.47 Å². The summed E-state index contributed by atoms with van der Waals surface area (Å²) in [6.45, 7) is 0.255. The van der Waals surface area contributed by atoms with Gasteiger partial charge in [-0.25, -0.2) is 0 Å². The number of halogens is 1. The fourth-order valence-corrected chi connectivity index (χ4v) is 3.44. The Morgan fingerprint density at radius 1 is 1.28 bits per heavy atom. The van der Waals surface area contributed by atoms with Crippen LogP contribution in [0.3, 0.4) is 0 Å². The third-order valence-electron chi connectivity index (χ3n) is 2.85. The Balaban J connectivity index is 1.80. The Kier molecular flexibility index (Phi) is 3.28. The van der Waals surface area contributed by atoms with Crippen LogP contribution in [0.5, 0.6) is 11.5 Å². The number of thiophene rings is 1. The zero-order valence-corrected chi connectivity index (χ0v) is 11.8. The molecule has 0 saturated heterocycles. The number of aliphatic hydroxyl groups excluding tert-OH is 1. The Bertz CT molecular complexity index is 567. The van der Waals surface area contributed by atoms with E-state index in [4.69, 9.17) is 9.47 Å². The van der Waals surface area contributed by atoms with Gasteiger partial charge in [-0.2, -0.15) is 0 Å². The molecule has 0 radical (unpaired) electrons. The summed E-state index contributed by atoms with van der Waals surface area (Å²) < 4.78 is 11.6. The van der Waals surface area contributed by atoms with Crippen molar-refractivity contribution < 1.29 is 14.6 Å². The lowest BCUT2D eigenvalue weighted by Crippen LogP contribution is -2.00. The van der Waals surface area contributed by atoms with Crippen molar-refractivity contribution in [2.45, 2.75) is 12.5 Å². The molecule has 18 heavy (non-hydrogen) atoms. The monoisotopic (exact) mass is 326 g/mol. The summed E-state index contributed by atoms with van der Waals surface area (Å²) in [5.74, 6) is 1.44. The minimum atomic E-state index is -0.533. The highest BCUT2D eigenvalue weighted by molar-refractivity contribution is 9.10. The molecule has 0 amide bonds. The predicted octanol–water partition coefficient (Wildman–Crippen LogP) is 3.52. The summed E-state index contributed by atoms with van der Waals surface area (Å²) in [4.78, 5) is 1.14. The van der Waals surface area contributed by atoms with E-state index in [2.05, 4.69) is 15.9 Å². The summed E-state index contributed by atoms with van der Waals surface area (Å²) in [6.07, 6.45) is 0.0622. The second kappa shape index (κ2) is 4.91. The summed E-state index contributed by atoms with van der Waals surface area (Å²) in [5.41, 5.74) is 0.847. The van der Waals surface area contributed by atoms with Crippen molar-refractivity contribution >= 4 is 27.3 Å². The molecule has 2 aromatic rings. The van der Waals surface area contributed by atoms with Crippen LogP contribution in [0, 0.1) is 0 Å². The van der Waals surface area contributed by atoms with E-state index in [0.717, 1.165) is 20.7 Å². The largest absolute Gasteiger partial charge is 0.454 e. The first-order valence-electron chi connectivity index (χ1n) is 5.53. The third-order valence-corrected chi connectivity index (χ3v) is 4.80. The van der Waals surface area contributed by atoms with Gasteiger partial charge >= 0.3 is 0 Å². The maximum Gasteiger partial charge on any atom is 0.231 e. The fraction of sp³-hybridized carbons (Fsp3) is 0.231. The molecular formula is C13H11BrO3S. The molecule has 94 valence electrons. The Morgan fingerprint density at radius 3 is 2.89 bits per heavy atom. The van der Waals surface area contributed by atoms with E-state index in [0.29, 0.717) is 12.2 Å². The van der Waals surface area contributed by atoms with Gasteiger partial charge in [-0.1, -0.05) is 6.07 Å². The average molecular weight is 327 g/mol. The molecule has 3 nitrogen and oxygen atoms in total. The van der Waals surface area contributed by atoms with Crippen molar-refractivity contribution in [2.75, 3.05) is 6.79 Å². The lowest BCUT2D eigenvalue weighted by Gasteiger charge is -2.11. The Labute approximate surface area is 117 Å². The molecule has 1 aliphatic heterocycles. The summed E-state index contributed by atoms with van der Waals surface area (Å²) in [7, 11) is 0. The average Bonchev–Trinajstić information content (AvgIpc) is 2.98. The molecule has 0 fully saturated rings. The van der Waals surface area contributed by atoms with E-state index in [1.165, 1.54) is 0 Å². The number of hydrogen-bond donors (Lipinski definition) is 1. The topological polar surface area (TPSA) is 38.7 Å². The van der Waals surface area contributed by atoms with E-state index in [1.54, 1.807) is 11.3 Å². The third kappa shape index (κ3) is 2.25. The molecular weight excluding hydrogens is 316 g/mol. The Hall–Kier alpha value is -1.04. The number of aliphatic hydroxyl groups is 1. The summed E-state index contributed by atoms with van der Waals surface area (Å²) in [6, 6.07) is 7.55. The van der Waals surface area contributed by atoms with Crippen molar-refractivity contribution in [3.05, 3.63) is 44.6 Å². The number of rotatable bonds is 3. The van der Waals surface area contributed by atoms with Gasteiger partial charge in [-0.3, -0.25) is 0 Å². The van der Waals surface area contributed by atoms with Crippen molar-refractivity contribution in [3.63, 3.8) is 0 Å². The minimum absolute atomic E-state index is 0.255. The molecule has 0 aliphatic carbocycles. The molecule has 1 unspecified atom stereocenters. The number of benzene rings is 1. The van der Waals surface area contributed by atoms with E-state index in [9.17, 15) is 5.11 Å². The van der Waals surface area contributed by atoms with Gasteiger partial charge in [0.05, 0.1) is 6.10 Å². The van der Waals surface area contributed by atoms with E-state index in [-0.39, 0.29) is 6.79 Å². The van der Waals surface area contributed by atoms with E-state index >= 15 is 0 Å². The highest BCUT2D eigenvalue weighted by Crippen LogP contribution is 2.35. The van der Waals surface area contributed by atoms with E-state index in [1.807, 2.05) is 29.6 Å². The van der Waals surface area contributed by atoms with Crippen LogP contribution in [0.4, 0.5) is 0 Å². The van der Waals surface area contributed by atoms with Gasteiger partial charge in [-0.05, 0) is 45.1 Å². The van der Waals surface area contributed by atoms with Crippen LogP contribution in [0.25, 0.3) is 0 Å². The normalized spacial score (nSPS) is 14.8. The second-order valence-electron chi connectivity index (χ2n) is 4.02. The maximum absolute atomic E-state index is 10.2. The van der Waals surface area contributed by atoms with Gasteiger partial charge < -0.3 is 14.6 Å². The molecule has 3 rings (SSSR count). The SMILES string of the molecule is OC(Cc1sccc1Br)c1ccc2c(c1)OCO2. The van der Waals surface area contributed by atoms with Crippen LogP contribution >= 0.6 is 27.3 Å². The molecule has 5 heteroatoms. The van der Waals surface area contributed by atoms with Crippen molar-refractivity contribution in [2.24, 2.45) is 0 Å². The lowest BCUT2D eigenvalue weighted by atomic mass is 10.1. The van der Waals surface area contributed by atoms with Gasteiger partial charge in [0.1, 0.15) is 0 Å². The van der Waals surface area contributed by atoms with Crippen LogP contribution in [0.15, 0.2) is 34.1 Å². The summed E-state index contributed by atoms with van der Waals surface area (Å²) in [5, 5.41) is 12.2. The highest BCUT2D eigenvalue weighted by atomic mass is 79.9. The summed E-state index contributed by atoms with van der Waals surface area (Å²) >= 11 is 5.11. The zero-order valence-electron chi connectivity index (χ0n) is 9.43. The van der Waals surface area contributed by atoms with Crippen LogP contribution in [0.2, 0.25) is 0 Å². The number of fused-ring (bicyclic) bond motifs is 1. The van der Waals surface area contributed by atoms with Gasteiger partial charge in [0.15, 0.2) is 11.5 Å². The standard InChI is InChI=1S/C13H11BrO3S/c14-9-3-4-18-13(9)6-10(15)8-1-2-11-12(5-8)17-7-16-11/h1-5,10,15H,6-7H2. The first kappa shape index (κ1) is 12.0. The van der Waals surface area contributed by atoms with Crippen molar-refractivity contribution in [3.8, 4) is 11.5 Å². The lowest BCUT2D eigenvalue weighted by molar-refractivity contribution is 0.171. The molecule has 0 saturated carbocycles. The number of ether oxygens (including phenoxy) is 2. The van der Waals surface area contributed by atoms with Crippen LogP contribution in [0.1, 0.15) is 16.5 Å². The molecule has 0 spiro atoms. The maximum atomic E-state index is 10.2. The highest BCUT2D eigenvalue weighted by Gasteiger charge is 2.17. The molecule has 1 aliphatic rings. The predicted molar refractivity (Wildman–Crippen MR) is 73.2 cm³/mol. The van der Waals surface area contributed by atoms with Crippen LogP contribution in [-0.2, 0) is 6.42 Å². The van der Waals surface area contributed by atoms with Gasteiger partial charge in [0.25, 0.3) is 0 Å². The van der Waals surface area contributed by atoms with Crippen LogP contribution in [-0.4, -0.2) is 11.9 Å². The molecule has 1 aromatic heterocycles. The molecule has 0 bridgehead atoms. The van der Waals surface area contributed by atoms with Gasteiger partial charge in [0, 0.05) is 15.8 Å². The smallest absolute Gasteiger partial charge is 0.231 e. The molecule has 1 atom stereocenters. The fourth-order valence-electron chi connectivity index (χ4n) is 1.88. The van der Waals surface area contributed by atoms with Gasteiger partial charge in [-0.15, -0.1) is 11.3 Å². The molecule has 2 heterocycles. The minimum Gasteiger partial charge on any atom is -0.454 e. The quantitative estimate of drug-likeness (QED) is 0.937. The Morgan fingerprint density at radius 2 is 2.11 bits per heavy atom. The zero-order chi connectivity index (χ0) is 12.5.